The Morgan fingerprint density at radius 2 is 1.64 bits per heavy atom. The maximum absolute atomic E-state index is 13.9. The first-order chi connectivity index (χ1) is 19.7. The molecule has 2 saturated heterocycles. The summed E-state index contributed by atoms with van der Waals surface area (Å²) >= 11 is 1.62. The van der Waals surface area contributed by atoms with Crippen LogP contribution in [0.25, 0.3) is 10.4 Å². The van der Waals surface area contributed by atoms with Crippen LogP contribution >= 0.6 is 11.3 Å². The minimum Gasteiger partial charge on any atom is -0.345 e. The molecule has 2 aliphatic heterocycles. The number of benzene rings is 1. The van der Waals surface area contributed by atoms with Gasteiger partial charge in [-0.15, -0.1) is 11.3 Å². The van der Waals surface area contributed by atoms with E-state index in [4.69, 9.17) is 0 Å². The minimum atomic E-state index is -0.807. The number of hydrogen-bond donors (Lipinski definition) is 2. The molecule has 42 heavy (non-hydrogen) atoms. The lowest BCUT2D eigenvalue weighted by molar-refractivity contribution is -0.138. The Balaban J connectivity index is 1.48. The summed E-state index contributed by atoms with van der Waals surface area (Å²) in [4.78, 5) is 70.1. The highest BCUT2D eigenvalue weighted by atomic mass is 32.1. The largest absolute Gasteiger partial charge is 0.345 e. The molecule has 2 aliphatic rings. The van der Waals surface area contributed by atoms with Crippen LogP contribution in [-0.2, 0) is 19.2 Å². The summed E-state index contributed by atoms with van der Waals surface area (Å²) in [7, 11) is 0. The van der Waals surface area contributed by atoms with E-state index < -0.39 is 24.2 Å². The van der Waals surface area contributed by atoms with Gasteiger partial charge < -0.3 is 20.4 Å². The van der Waals surface area contributed by atoms with Crippen molar-refractivity contribution in [3.63, 3.8) is 0 Å². The van der Waals surface area contributed by atoms with E-state index in [1.54, 1.807) is 28.4 Å². The molecule has 0 bridgehead atoms. The van der Waals surface area contributed by atoms with Gasteiger partial charge in [0.25, 0.3) is 5.91 Å². The number of nitrogens with zero attached hydrogens (tertiary/aromatic N) is 2. The summed E-state index contributed by atoms with van der Waals surface area (Å²) in [5, 5.41) is 7.68. The predicted octanol–water partition coefficient (Wildman–Crippen LogP) is 3.88. The zero-order chi connectivity index (χ0) is 30.8. The molecule has 0 aliphatic carbocycles. The number of thiophene rings is 1. The number of carbonyl (C=O) groups excluding carboxylic acids is 5. The van der Waals surface area contributed by atoms with Crippen molar-refractivity contribution in [2.45, 2.75) is 85.0 Å². The highest BCUT2D eigenvalue weighted by molar-refractivity contribution is 7.13. The Morgan fingerprint density at radius 1 is 0.976 bits per heavy atom. The van der Waals surface area contributed by atoms with Gasteiger partial charge in [0.15, 0.2) is 5.78 Å². The third-order valence-electron chi connectivity index (χ3n) is 7.74. The molecule has 3 heterocycles. The second kappa shape index (κ2) is 12.8. The Hall–Kier alpha value is -3.53. The van der Waals surface area contributed by atoms with Crippen LogP contribution in [0.3, 0.4) is 0 Å². The average Bonchev–Trinajstić information content (AvgIpc) is 3.65. The summed E-state index contributed by atoms with van der Waals surface area (Å²) in [5.41, 5.74) is 1.24. The number of rotatable bonds is 9. The molecule has 1 aromatic heterocycles. The van der Waals surface area contributed by atoms with Gasteiger partial charge >= 0.3 is 0 Å². The van der Waals surface area contributed by atoms with Crippen molar-refractivity contribution in [2.24, 2.45) is 11.3 Å². The number of Topliss-reactive ketones (excluding diaryl/α,β-unsaturated/α-hetero) is 1. The number of ketones is 1. The van der Waals surface area contributed by atoms with Gasteiger partial charge in [0.05, 0.1) is 12.6 Å². The van der Waals surface area contributed by atoms with E-state index in [0.717, 1.165) is 10.4 Å². The molecule has 10 heteroatoms. The van der Waals surface area contributed by atoms with Crippen molar-refractivity contribution >= 4 is 40.7 Å². The Morgan fingerprint density at radius 3 is 2.21 bits per heavy atom. The first-order valence-electron chi connectivity index (χ1n) is 14.6. The van der Waals surface area contributed by atoms with Crippen LogP contribution in [-0.4, -0.2) is 76.5 Å². The van der Waals surface area contributed by atoms with Crippen LogP contribution in [0.15, 0.2) is 41.8 Å². The van der Waals surface area contributed by atoms with Crippen molar-refractivity contribution in [1.82, 2.24) is 20.4 Å². The van der Waals surface area contributed by atoms with Gasteiger partial charge in [-0.1, -0.05) is 52.8 Å². The molecule has 226 valence electrons. The third kappa shape index (κ3) is 7.27. The maximum Gasteiger partial charge on any atom is 0.251 e. The number of likely N-dealkylation sites (tertiary alicyclic amines) is 2. The Labute approximate surface area is 252 Å². The van der Waals surface area contributed by atoms with Gasteiger partial charge in [-0.2, -0.15) is 0 Å². The highest BCUT2D eigenvalue weighted by Gasteiger charge is 2.53. The van der Waals surface area contributed by atoms with Crippen LogP contribution in [0.5, 0.6) is 0 Å². The fourth-order valence-electron chi connectivity index (χ4n) is 5.98. The number of hydrogen-bond acceptors (Lipinski definition) is 6. The van der Waals surface area contributed by atoms with Gasteiger partial charge in [-0.05, 0) is 59.7 Å². The van der Waals surface area contributed by atoms with E-state index >= 15 is 0 Å². The van der Waals surface area contributed by atoms with Gasteiger partial charge in [0.1, 0.15) is 18.1 Å². The fourth-order valence-corrected chi connectivity index (χ4v) is 6.71. The molecule has 0 radical (unpaired) electrons. The fraction of sp³-hybridized carbons (Fsp3) is 0.531. The van der Waals surface area contributed by atoms with E-state index in [9.17, 15) is 24.0 Å². The molecule has 0 spiro atoms. The molecule has 4 unspecified atom stereocenters. The molecule has 4 rings (SSSR count). The van der Waals surface area contributed by atoms with Crippen LogP contribution in [0, 0.1) is 11.3 Å². The summed E-state index contributed by atoms with van der Waals surface area (Å²) in [6, 6.07) is 8.50. The average molecular weight is 595 g/mol. The Bertz CT molecular complexity index is 1320. The Kier molecular flexibility index (Phi) is 9.55. The second-order valence-electron chi connectivity index (χ2n) is 13.0. The molecule has 0 saturated carbocycles. The second-order valence-corrected chi connectivity index (χ2v) is 13.9. The first-order valence-corrected chi connectivity index (χ1v) is 15.5. The summed E-state index contributed by atoms with van der Waals surface area (Å²) in [5.74, 6) is -1.35. The molecular formula is C32H42N4O5S. The predicted molar refractivity (Wildman–Crippen MR) is 163 cm³/mol. The monoisotopic (exact) mass is 594 g/mol. The van der Waals surface area contributed by atoms with Crippen LogP contribution in [0.1, 0.15) is 71.2 Å². The molecule has 4 amide bonds. The molecule has 2 fully saturated rings. The summed E-state index contributed by atoms with van der Waals surface area (Å²) in [6.07, 6.45) is 1.30. The van der Waals surface area contributed by atoms with Crippen molar-refractivity contribution in [1.29, 1.82) is 0 Å². The standard InChI is InChI=1S/C32H42N4O5S/c1-19(2)16-23(34-29(39)22-11-9-21(10-12-22)27-8-7-15-42-27)30(40)35-14-13-25-28(35)26(38)18-36(25)31(41)24(33-20(3)37)17-32(4,5)6/h7-12,15,19,23-25,28H,13-14,16-18H2,1-6H3,(H,33,37)(H,34,39). The van der Waals surface area contributed by atoms with Crippen LogP contribution < -0.4 is 10.6 Å². The molecule has 2 N–H and O–H groups in total. The van der Waals surface area contributed by atoms with E-state index in [1.807, 2.05) is 64.3 Å². The zero-order valence-corrected chi connectivity index (χ0v) is 26.1. The lowest BCUT2D eigenvalue weighted by Crippen LogP contribution is -2.53. The van der Waals surface area contributed by atoms with E-state index in [-0.39, 0.29) is 47.3 Å². The SMILES string of the molecule is CC(=O)NC(CC(C)(C)C)C(=O)N1CC(=O)C2C1CCN2C(=O)C(CC(C)C)NC(=O)c1ccc(-c2cccs2)cc1. The number of nitrogens with one attached hydrogen (secondary N) is 2. The van der Waals surface area contributed by atoms with E-state index in [0.29, 0.717) is 31.4 Å². The van der Waals surface area contributed by atoms with Gasteiger partial charge in [0, 0.05) is 23.9 Å². The molecule has 1 aromatic carbocycles. The molecular weight excluding hydrogens is 552 g/mol. The van der Waals surface area contributed by atoms with Crippen molar-refractivity contribution in [3.05, 3.63) is 47.3 Å². The van der Waals surface area contributed by atoms with Gasteiger partial charge in [-0.3, -0.25) is 24.0 Å². The number of carbonyl (C=O) groups is 5. The number of fused-ring (bicyclic) bond motifs is 1. The van der Waals surface area contributed by atoms with E-state index in [1.165, 1.54) is 11.8 Å². The van der Waals surface area contributed by atoms with Crippen LogP contribution in [0.4, 0.5) is 0 Å². The van der Waals surface area contributed by atoms with Crippen molar-refractivity contribution in [3.8, 4) is 10.4 Å². The quantitative estimate of drug-likeness (QED) is 0.457. The first kappa shape index (κ1) is 31.4. The normalized spacial score (nSPS) is 19.9. The third-order valence-corrected chi connectivity index (χ3v) is 8.66. The molecule has 4 atom stereocenters. The lowest BCUT2D eigenvalue weighted by atomic mass is 9.87. The van der Waals surface area contributed by atoms with E-state index in [2.05, 4.69) is 10.6 Å². The zero-order valence-electron chi connectivity index (χ0n) is 25.3. The van der Waals surface area contributed by atoms with Crippen molar-refractivity contribution in [2.75, 3.05) is 13.1 Å². The highest BCUT2D eigenvalue weighted by Crippen LogP contribution is 2.33. The summed E-state index contributed by atoms with van der Waals surface area (Å²) in [6.45, 7) is 11.5. The van der Waals surface area contributed by atoms with Gasteiger partial charge in [-0.25, -0.2) is 0 Å². The van der Waals surface area contributed by atoms with Crippen LogP contribution in [0.2, 0.25) is 0 Å². The smallest absolute Gasteiger partial charge is 0.251 e. The summed E-state index contributed by atoms with van der Waals surface area (Å²) < 4.78 is 0. The maximum atomic E-state index is 13.9. The van der Waals surface area contributed by atoms with Crippen molar-refractivity contribution < 1.29 is 24.0 Å². The molecule has 9 nitrogen and oxygen atoms in total. The molecule has 2 aromatic rings. The number of amides is 4. The van der Waals surface area contributed by atoms with Gasteiger partial charge in [0.2, 0.25) is 17.7 Å². The lowest BCUT2D eigenvalue weighted by Gasteiger charge is -2.31. The minimum absolute atomic E-state index is 0.101. The topological polar surface area (TPSA) is 116 Å².